The quantitative estimate of drug-likeness (QED) is 0.0412. The molecular weight excluding hydrogens is 813 g/mol. The zero-order valence-electron chi connectivity index (χ0n) is 33.8. The maximum atomic E-state index is 17.0. The van der Waals surface area contributed by atoms with E-state index >= 15 is 17.6 Å². The fraction of sp³-hybridized carbons (Fsp3) is 0.319. The van der Waals surface area contributed by atoms with Crippen LogP contribution in [0.2, 0.25) is 0 Å². The monoisotopic (exact) mass is 856 g/mol. The van der Waals surface area contributed by atoms with Crippen molar-refractivity contribution in [1.29, 1.82) is 0 Å². The lowest BCUT2D eigenvalue weighted by Crippen LogP contribution is -2.61. The van der Waals surface area contributed by atoms with Gasteiger partial charge < -0.3 is 28.4 Å². The van der Waals surface area contributed by atoms with Gasteiger partial charge in [0.15, 0.2) is 18.0 Å². The Labute approximate surface area is 355 Å². The zero-order chi connectivity index (χ0) is 43.8. The highest BCUT2D eigenvalue weighted by atomic mass is 19.4. The van der Waals surface area contributed by atoms with Gasteiger partial charge in [0.25, 0.3) is 0 Å². The first-order valence-corrected chi connectivity index (χ1v) is 20.1. The van der Waals surface area contributed by atoms with E-state index < -0.39 is 73.0 Å². The Balaban J connectivity index is 1.32. The number of ether oxygens (including phenoxy) is 6. The van der Waals surface area contributed by atoms with Crippen molar-refractivity contribution in [3.63, 3.8) is 0 Å². The average Bonchev–Trinajstić information content (AvgIpc) is 3.62. The lowest BCUT2D eigenvalue weighted by Gasteiger charge is -2.42. The molecule has 7 unspecified atom stereocenters. The predicted molar refractivity (Wildman–Crippen MR) is 216 cm³/mol. The van der Waals surface area contributed by atoms with Gasteiger partial charge in [-0.25, -0.2) is 23.5 Å². The van der Waals surface area contributed by atoms with Crippen LogP contribution in [0.25, 0.3) is 0 Å². The van der Waals surface area contributed by atoms with E-state index in [2.05, 4.69) is 5.10 Å². The second-order valence-corrected chi connectivity index (χ2v) is 14.8. The van der Waals surface area contributed by atoms with Crippen LogP contribution in [0, 0.1) is 11.8 Å². The molecule has 0 bridgehead atoms. The highest BCUT2D eigenvalue weighted by Crippen LogP contribution is 2.41. The summed E-state index contributed by atoms with van der Waals surface area (Å²) in [6, 6.07) is 29.5. The third-order valence-corrected chi connectivity index (χ3v) is 10.8. The van der Waals surface area contributed by atoms with Gasteiger partial charge in [-0.15, -0.1) is 0 Å². The molecule has 62 heavy (non-hydrogen) atoms. The van der Waals surface area contributed by atoms with E-state index in [1.807, 2.05) is 19.1 Å². The largest absolute Gasteiger partial charge is 0.497 e. The molecule has 5 aromatic rings. The topological polar surface area (TPSA) is 124 Å². The molecule has 2 aliphatic rings. The first-order valence-electron chi connectivity index (χ1n) is 20.1. The summed E-state index contributed by atoms with van der Waals surface area (Å²) in [5.41, 5.74) is -0.993. The number of allylic oxidation sites excluding steroid dienone is 2. The SMILES string of the molecule is CCC1C=CC1CCn1nc(C(F)(F)F)c(Cc2ccc(OC)cc2)c1OC1OC(COC(=O)c2ccccc2)C(F)C(OC(=O)c2ccccc2)C1OC(=O)c1ccccc1. The number of benzene rings is 4. The van der Waals surface area contributed by atoms with Crippen LogP contribution >= 0.6 is 0 Å². The third-order valence-electron chi connectivity index (χ3n) is 10.8. The van der Waals surface area contributed by atoms with Gasteiger partial charge in [-0.2, -0.15) is 18.3 Å². The van der Waals surface area contributed by atoms with Crippen LogP contribution in [0.15, 0.2) is 127 Å². The summed E-state index contributed by atoms with van der Waals surface area (Å²) < 4.78 is 98.2. The van der Waals surface area contributed by atoms with Crippen LogP contribution in [-0.2, 0) is 38.1 Å². The van der Waals surface area contributed by atoms with Crippen LogP contribution in [-0.4, -0.2) is 72.2 Å². The van der Waals surface area contributed by atoms with Crippen LogP contribution in [0.5, 0.6) is 11.6 Å². The minimum absolute atomic E-state index is 0.0222. The zero-order valence-corrected chi connectivity index (χ0v) is 33.8. The summed E-state index contributed by atoms with van der Waals surface area (Å²) in [6.07, 6.45) is -10.0. The summed E-state index contributed by atoms with van der Waals surface area (Å²) in [6.45, 7) is 1.22. The van der Waals surface area contributed by atoms with E-state index in [-0.39, 0.29) is 47.1 Å². The normalized spacial score (nSPS) is 21.9. The molecule has 324 valence electrons. The molecule has 7 rings (SSSR count). The lowest BCUT2D eigenvalue weighted by atomic mass is 9.78. The Morgan fingerprint density at radius 3 is 1.81 bits per heavy atom. The number of esters is 3. The number of halogens is 4. The summed E-state index contributed by atoms with van der Waals surface area (Å²) in [4.78, 5) is 40.5. The molecular formula is C47H44F4N2O9. The molecule has 7 atom stereocenters. The summed E-state index contributed by atoms with van der Waals surface area (Å²) >= 11 is 0. The predicted octanol–water partition coefficient (Wildman–Crippen LogP) is 8.85. The molecule has 0 saturated carbocycles. The summed E-state index contributed by atoms with van der Waals surface area (Å²) in [5.74, 6) is -2.49. The fourth-order valence-electron chi connectivity index (χ4n) is 7.36. The minimum atomic E-state index is -4.97. The van der Waals surface area contributed by atoms with Gasteiger partial charge >= 0.3 is 24.1 Å². The van der Waals surface area contributed by atoms with Crippen molar-refractivity contribution in [2.45, 2.75) is 69.7 Å². The molecule has 4 aromatic carbocycles. The number of aromatic nitrogens is 2. The molecule has 0 radical (unpaired) electrons. The molecule has 0 amide bonds. The van der Waals surface area contributed by atoms with E-state index in [0.717, 1.165) is 11.1 Å². The van der Waals surface area contributed by atoms with Gasteiger partial charge in [-0.3, -0.25) is 0 Å². The lowest BCUT2D eigenvalue weighted by molar-refractivity contribution is -0.265. The van der Waals surface area contributed by atoms with Gasteiger partial charge in [0.05, 0.1) is 29.4 Å². The maximum absolute atomic E-state index is 17.0. The second-order valence-electron chi connectivity index (χ2n) is 14.8. The van der Waals surface area contributed by atoms with Gasteiger partial charge in [0.2, 0.25) is 18.3 Å². The van der Waals surface area contributed by atoms with Crippen LogP contribution in [0.4, 0.5) is 17.6 Å². The Bertz CT molecular complexity index is 2320. The number of aryl methyl sites for hydroxylation is 1. The average molecular weight is 857 g/mol. The molecule has 15 heteroatoms. The number of nitrogens with zero attached hydrogens (tertiary/aromatic N) is 2. The molecule has 1 aliphatic carbocycles. The molecule has 1 aliphatic heterocycles. The fourth-order valence-corrected chi connectivity index (χ4v) is 7.36. The van der Waals surface area contributed by atoms with E-state index in [4.69, 9.17) is 28.4 Å². The molecule has 2 heterocycles. The third kappa shape index (κ3) is 10.2. The van der Waals surface area contributed by atoms with Crippen LogP contribution in [0.1, 0.15) is 67.7 Å². The van der Waals surface area contributed by atoms with Crippen molar-refractivity contribution in [3.8, 4) is 11.6 Å². The van der Waals surface area contributed by atoms with Crippen molar-refractivity contribution >= 4 is 17.9 Å². The summed E-state index contributed by atoms with van der Waals surface area (Å²) in [7, 11) is 1.46. The van der Waals surface area contributed by atoms with Gasteiger partial charge in [0, 0.05) is 13.0 Å². The Hall–Kier alpha value is -6.48. The van der Waals surface area contributed by atoms with Crippen molar-refractivity contribution in [2.24, 2.45) is 11.8 Å². The van der Waals surface area contributed by atoms with Gasteiger partial charge in [0.1, 0.15) is 18.5 Å². The van der Waals surface area contributed by atoms with E-state index in [0.29, 0.717) is 17.7 Å². The van der Waals surface area contributed by atoms with E-state index in [9.17, 15) is 14.4 Å². The number of hydrogen-bond donors (Lipinski definition) is 0. The van der Waals surface area contributed by atoms with Crippen molar-refractivity contribution in [2.75, 3.05) is 13.7 Å². The highest BCUT2D eigenvalue weighted by molar-refractivity contribution is 5.90. The van der Waals surface area contributed by atoms with Gasteiger partial charge in [-0.05, 0) is 78.8 Å². The van der Waals surface area contributed by atoms with Crippen LogP contribution in [0.3, 0.4) is 0 Å². The summed E-state index contributed by atoms with van der Waals surface area (Å²) in [5, 5.41) is 4.05. The van der Waals surface area contributed by atoms with Gasteiger partial charge in [-0.1, -0.05) is 85.8 Å². The van der Waals surface area contributed by atoms with Crippen molar-refractivity contribution < 1.29 is 60.4 Å². The number of rotatable bonds is 16. The maximum Gasteiger partial charge on any atom is 0.435 e. The molecule has 0 N–H and O–H groups in total. The number of hydrogen-bond acceptors (Lipinski definition) is 10. The Morgan fingerprint density at radius 1 is 0.742 bits per heavy atom. The molecule has 1 fully saturated rings. The van der Waals surface area contributed by atoms with Crippen molar-refractivity contribution in [1.82, 2.24) is 9.78 Å². The smallest absolute Gasteiger partial charge is 0.435 e. The number of carbonyl (C=O) groups excluding carboxylic acids is 3. The highest BCUT2D eigenvalue weighted by Gasteiger charge is 2.54. The second kappa shape index (κ2) is 19.5. The minimum Gasteiger partial charge on any atom is -0.497 e. The Kier molecular flexibility index (Phi) is 13.7. The van der Waals surface area contributed by atoms with E-state index in [1.54, 1.807) is 78.9 Å². The number of methoxy groups -OCH3 is 1. The number of carbonyl (C=O) groups is 3. The van der Waals surface area contributed by atoms with Crippen molar-refractivity contribution in [3.05, 3.63) is 161 Å². The number of alkyl halides is 4. The molecule has 11 nitrogen and oxygen atoms in total. The van der Waals surface area contributed by atoms with Crippen LogP contribution < -0.4 is 9.47 Å². The molecule has 0 spiro atoms. The first kappa shape index (κ1) is 43.6. The Morgan fingerprint density at radius 2 is 1.29 bits per heavy atom. The standard InChI is InChI=1S/C47H44F4N2O9/c1-3-30-21-22-31(30)25-26-53-42(36(41(52-53)47(49,50)51)27-29-19-23-35(57-2)24-20-29)62-46-40(61-45(56)34-17-11-6-12-18-34)39(60-44(55)33-15-9-5-10-16-33)38(48)37(59-46)28-58-43(54)32-13-7-4-8-14-32/h4-24,30-31,37-40,46H,3,25-28H2,1-2H3. The first-order chi connectivity index (χ1) is 29.9. The molecule has 1 saturated heterocycles. The molecule has 1 aromatic heterocycles. The van der Waals surface area contributed by atoms with E-state index in [1.165, 1.54) is 43.5 Å².